The molecular formula is C18H22N2O5. The molecule has 7 heteroatoms. The van der Waals surface area contributed by atoms with Crippen LogP contribution in [0, 0.1) is 0 Å². The van der Waals surface area contributed by atoms with Gasteiger partial charge in [0.25, 0.3) is 0 Å². The van der Waals surface area contributed by atoms with Gasteiger partial charge in [-0.2, -0.15) is 0 Å². The SMILES string of the molecule is CC1(C)N2Cc3ccccc3C[C@H]2C(=O)N1[C@@H](CCC(=O)O)C(=O)O. The summed E-state index contributed by atoms with van der Waals surface area (Å²) in [5.41, 5.74) is 1.45. The monoisotopic (exact) mass is 346 g/mol. The molecule has 2 aliphatic rings. The Balaban J connectivity index is 1.93. The highest BCUT2D eigenvalue weighted by molar-refractivity contribution is 5.90. The normalized spacial score (nSPS) is 23.0. The number of carboxylic acid groups (broad SMARTS) is 2. The maximum Gasteiger partial charge on any atom is 0.326 e. The molecule has 2 atom stereocenters. The third-order valence-corrected chi connectivity index (χ3v) is 5.29. The van der Waals surface area contributed by atoms with Gasteiger partial charge in [0.1, 0.15) is 6.04 Å². The molecule has 2 N–H and O–H groups in total. The summed E-state index contributed by atoms with van der Waals surface area (Å²) in [6.45, 7) is 4.23. The molecule has 0 aromatic heterocycles. The molecule has 0 spiro atoms. The Morgan fingerprint density at radius 2 is 1.88 bits per heavy atom. The van der Waals surface area contributed by atoms with Crippen molar-refractivity contribution in [3.63, 3.8) is 0 Å². The number of fused-ring (bicyclic) bond motifs is 2. The van der Waals surface area contributed by atoms with Gasteiger partial charge in [0, 0.05) is 13.0 Å². The smallest absolute Gasteiger partial charge is 0.326 e. The van der Waals surface area contributed by atoms with Crippen molar-refractivity contribution >= 4 is 17.8 Å². The van der Waals surface area contributed by atoms with Crippen molar-refractivity contribution in [2.45, 2.75) is 57.4 Å². The van der Waals surface area contributed by atoms with E-state index in [1.807, 2.05) is 43.0 Å². The molecule has 0 bridgehead atoms. The van der Waals surface area contributed by atoms with Crippen molar-refractivity contribution in [3.05, 3.63) is 35.4 Å². The number of hydrogen-bond donors (Lipinski definition) is 2. The summed E-state index contributed by atoms with van der Waals surface area (Å²) in [4.78, 5) is 39.0. The zero-order chi connectivity index (χ0) is 18.4. The first-order chi connectivity index (χ1) is 11.7. The summed E-state index contributed by atoms with van der Waals surface area (Å²) in [5, 5.41) is 18.5. The lowest BCUT2D eigenvalue weighted by Crippen LogP contribution is -2.56. The largest absolute Gasteiger partial charge is 0.481 e. The topological polar surface area (TPSA) is 98.2 Å². The lowest BCUT2D eigenvalue weighted by atomic mass is 9.94. The Kier molecular flexibility index (Phi) is 4.28. The van der Waals surface area contributed by atoms with E-state index in [1.54, 1.807) is 0 Å². The van der Waals surface area contributed by atoms with E-state index in [-0.39, 0.29) is 18.7 Å². The van der Waals surface area contributed by atoms with Crippen LogP contribution in [0.5, 0.6) is 0 Å². The maximum absolute atomic E-state index is 13.0. The Hall–Kier alpha value is -2.41. The van der Waals surface area contributed by atoms with Crippen LogP contribution in [0.1, 0.15) is 37.8 Å². The second-order valence-corrected chi connectivity index (χ2v) is 7.11. The average molecular weight is 346 g/mol. The van der Waals surface area contributed by atoms with Gasteiger partial charge in [-0.05, 0) is 37.8 Å². The first kappa shape index (κ1) is 17.4. The van der Waals surface area contributed by atoms with E-state index in [2.05, 4.69) is 0 Å². The lowest BCUT2D eigenvalue weighted by Gasteiger charge is -2.42. The van der Waals surface area contributed by atoms with Gasteiger partial charge in [0.05, 0.1) is 11.7 Å². The number of carbonyl (C=O) groups excluding carboxylic acids is 1. The second-order valence-electron chi connectivity index (χ2n) is 7.11. The molecule has 7 nitrogen and oxygen atoms in total. The summed E-state index contributed by atoms with van der Waals surface area (Å²) < 4.78 is 0. The Bertz CT molecular complexity index is 730. The van der Waals surface area contributed by atoms with Crippen LogP contribution < -0.4 is 0 Å². The van der Waals surface area contributed by atoms with Crippen molar-refractivity contribution in [1.29, 1.82) is 0 Å². The van der Waals surface area contributed by atoms with Crippen LogP contribution in [0.15, 0.2) is 24.3 Å². The lowest BCUT2D eigenvalue weighted by molar-refractivity contribution is -0.154. The molecular weight excluding hydrogens is 324 g/mol. The maximum atomic E-state index is 13.0. The van der Waals surface area contributed by atoms with E-state index >= 15 is 0 Å². The number of hydrogen-bond acceptors (Lipinski definition) is 4. The molecule has 0 radical (unpaired) electrons. The molecule has 3 rings (SSSR count). The predicted molar refractivity (Wildman–Crippen MR) is 88.7 cm³/mol. The third-order valence-electron chi connectivity index (χ3n) is 5.29. The molecule has 1 amide bonds. The van der Waals surface area contributed by atoms with Crippen molar-refractivity contribution in [2.75, 3.05) is 0 Å². The van der Waals surface area contributed by atoms with Crippen molar-refractivity contribution in [2.24, 2.45) is 0 Å². The Morgan fingerprint density at radius 1 is 1.24 bits per heavy atom. The minimum atomic E-state index is -1.17. The van der Waals surface area contributed by atoms with Crippen LogP contribution in [-0.4, -0.2) is 55.6 Å². The Labute approximate surface area is 145 Å². The number of amides is 1. The summed E-state index contributed by atoms with van der Waals surface area (Å²) in [5.74, 6) is -2.47. The molecule has 134 valence electrons. The molecule has 0 unspecified atom stereocenters. The van der Waals surface area contributed by atoms with E-state index in [1.165, 1.54) is 4.90 Å². The fourth-order valence-corrected chi connectivity index (χ4v) is 4.05. The van der Waals surface area contributed by atoms with Gasteiger partial charge in [-0.3, -0.25) is 14.5 Å². The van der Waals surface area contributed by atoms with E-state index in [9.17, 15) is 19.5 Å². The van der Waals surface area contributed by atoms with Crippen molar-refractivity contribution < 1.29 is 24.6 Å². The molecule has 2 heterocycles. The van der Waals surface area contributed by atoms with E-state index in [0.717, 1.165) is 11.1 Å². The number of carboxylic acids is 2. The Morgan fingerprint density at radius 3 is 2.48 bits per heavy atom. The van der Waals surface area contributed by atoms with Crippen LogP contribution in [-0.2, 0) is 27.3 Å². The molecule has 2 aliphatic heterocycles. The summed E-state index contributed by atoms with van der Waals surface area (Å²) in [6, 6.07) is 6.35. The molecule has 1 aromatic rings. The van der Waals surface area contributed by atoms with Gasteiger partial charge in [-0.1, -0.05) is 24.3 Å². The van der Waals surface area contributed by atoms with Crippen LogP contribution >= 0.6 is 0 Å². The number of aliphatic carboxylic acids is 2. The van der Waals surface area contributed by atoms with Crippen LogP contribution in [0.3, 0.4) is 0 Å². The van der Waals surface area contributed by atoms with E-state index < -0.39 is 29.7 Å². The van der Waals surface area contributed by atoms with Crippen molar-refractivity contribution in [1.82, 2.24) is 9.80 Å². The highest BCUT2D eigenvalue weighted by Gasteiger charge is 2.55. The average Bonchev–Trinajstić information content (AvgIpc) is 2.73. The van der Waals surface area contributed by atoms with Crippen LogP contribution in [0.25, 0.3) is 0 Å². The van der Waals surface area contributed by atoms with E-state index in [4.69, 9.17) is 5.11 Å². The van der Waals surface area contributed by atoms with Gasteiger partial charge in [0.2, 0.25) is 5.91 Å². The minimum absolute atomic E-state index is 0.104. The zero-order valence-electron chi connectivity index (χ0n) is 14.3. The zero-order valence-corrected chi connectivity index (χ0v) is 14.3. The molecule has 1 aromatic carbocycles. The summed E-state index contributed by atoms with van der Waals surface area (Å²) in [7, 11) is 0. The minimum Gasteiger partial charge on any atom is -0.481 e. The summed E-state index contributed by atoms with van der Waals surface area (Å²) >= 11 is 0. The number of carbonyl (C=O) groups is 3. The van der Waals surface area contributed by atoms with E-state index in [0.29, 0.717) is 13.0 Å². The number of benzene rings is 1. The fraction of sp³-hybridized carbons (Fsp3) is 0.500. The van der Waals surface area contributed by atoms with Gasteiger partial charge in [-0.15, -0.1) is 0 Å². The molecule has 0 aliphatic carbocycles. The fourth-order valence-electron chi connectivity index (χ4n) is 4.05. The first-order valence-corrected chi connectivity index (χ1v) is 8.34. The molecule has 1 saturated heterocycles. The summed E-state index contributed by atoms with van der Waals surface area (Å²) in [6.07, 6.45) is 0.148. The first-order valence-electron chi connectivity index (χ1n) is 8.34. The standard InChI is InChI=1S/C18H22N2O5/c1-18(2)19-10-12-6-4-3-5-11(12)9-14(19)16(23)20(18)13(17(24)25)7-8-15(21)22/h3-6,13-14H,7-10H2,1-2H3,(H,21,22)(H,24,25)/t13-,14-/m0/s1. The van der Waals surface area contributed by atoms with Gasteiger partial charge < -0.3 is 15.1 Å². The van der Waals surface area contributed by atoms with Crippen molar-refractivity contribution in [3.8, 4) is 0 Å². The predicted octanol–water partition coefficient (Wildman–Crippen LogP) is 1.31. The van der Waals surface area contributed by atoms with Crippen LogP contribution in [0.4, 0.5) is 0 Å². The van der Waals surface area contributed by atoms with Gasteiger partial charge >= 0.3 is 11.9 Å². The van der Waals surface area contributed by atoms with Gasteiger partial charge in [0.15, 0.2) is 0 Å². The molecule has 1 fully saturated rings. The quantitative estimate of drug-likeness (QED) is 0.834. The van der Waals surface area contributed by atoms with Crippen LogP contribution in [0.2, 0.25) is 0 Å². The molecule has 25 heavy (non-hydrogen) atoms. The highest BCUT2D eigenvalue weighted by Crippen LogP contribution is 2.40. The third kappa shape index (κ3) is 2.89. The second kappa shape index (κ2) is 6.15. The molecule has 0 saturated carbocycles. The highest BCUT2D eigenvalue weighted by atomic mass is 16.4. The number of rotatable bonds is 5. The number of nitrogens with zero attached hydrogens (tertiary/aromatic N) is 2. The van der Waals surface area contributed by atoms with Gasteiger partial charge in [-0.25, -0.2) is 4.79 Å².